The van der Waals surface area contributed by atoms with E-state index < -0.39 is 0 Å². The highest BCUT2D eigenvalue weighted by Crippen LogP contribution is 2.19. The minimum atomic E-state index is -0.271. The molecule has 2 nitrogen and oxygen atoms in total. The van der Waals surface area contributed by atoms with E-state index in [9.17, 15) is 4.39 Å². The molecule has 0 saturated carbocycles. The van der Waals surface area contributed by atoms with Gasteiger partial charge < -0.3 is 10.0 Å². The van der Waals surface area contributed by atoms with Crippen LogP contribution in [0.5, 0.6) is 0 Å². The van der Waals surface area contributed by atoms with Gasteiger partial charge in [0.15, 0.2) is 0 Å². The standard InChI is InChI=1S/C11H16FNO/c1-3-6-13(2)11-5-4-9(8-14)7-10(11)12/h4-5,7,14H,3,6,8H2,1-2H3. The van der Waals surface area contributed by atoms with Crippen molar-refractivity contribution in [1.29, 1.82) is 0 Å². The van der Waals surface area contributed by atoms with Crippen LogP contribution in [0.4, 0.5) is 10.1 Å². The van der Waals surface area contributed by atoms with Crippen LogP contribution in [-0.4, -0.2) is 18.7 Å². The lowest BCUT2D eigenvalue weighted by Crippen LogP contribution is -2.19. The van der Waals surface area contributed by atoms with Crippen LogP contribution < -0.4 is 4.90 Å². The monoisotopic (exact) mass is 197 g/mol. The zero-order valence-corrected chi connectivity index (χ0v) is 8.63. The third-order valence-corrected chi connectivity index (χ3v) is 2.16. The minimum absolute atomic E-state index is 0.116. The minimum Gasteiger partial charge on any atom is -0.392 e. The van der Waals surface area contributed by atoms with Crippen LogP contribution in [0.1, 0.15) is 18.9 Å². The summed E-state index contributed by atoms with van der Waals surface area (Å²) in [4.78, 5) is 1.87. The lowest BCUT2D eigenvalue weighted by atomic mass is 10.2. The lowest BCUT2D eigenvalue weighted by Gasteiger charge is -2.19. The van der Waals surface area contributed by atoms with Crippen molar-refractivity contribution >= 4 is 5.69 Å². The molecule has 0 amide bonds. The van der Waals surface area contributed by atoms with E-state index >= 15 is 0 Å². The molecule has 0 saturated heterocycles. The molecule has 0 heterocycles. The van der Waals surface area contributed by atoms with E-state index in [-0.39, 0.29) is 12.4 Å². The number of halogens is 1. The molecule has 0 bridgehead atoms. The SMILES string of the molecule is CCCN(C)c1ccc(CO)cc1F. The molecular formula is C11H16FNO. The van der Waals surface area contributed by atoms with E-state index in [0.29, 0.717) is 11.3 Å². The van der Waals surface area contributed by atoms with Crippen molar-refractivity contribution in [2.24, 2.45) is 0 Å². The van der Waals surface area contributed by atoms with E-state index in [1.807, 2.05) is 11.9 Å². The maximum atomic E-state index is 13.5. The Hall–Kier alpha value is -1.09. The Morgan fingerprint density at radius 1 is 1.43 bits per heavy atom. The maximum absolute atomic E-state index is 13.5. The van der Waals surface area contributed by atoms with Gasteiger partial charge >= 0.3 is 0 Å². The first-order valence-corrected chi connectivity index (χ1v) is 4.79. The first-order valence-electron chi connectivity index (χ1n) is 4.79. The van der Waals surface area contributed by atoms with Crippen LogP contribution >= 0.6 is 0 Å². The summed E-state index contributed by atoms with van der Waals surface area (Å²) in [5.74, 6) is -0.271. The van der Waals surface area contributed by atoms with Crippen LogP contribution in [-0.2, 0) is 6.61 Å². The summed E-state index contributed by atoms with van der Waals surface area (Å²) >= 11 is 0. The normalized spacial score (nSPS) is 10.3. The molecule has 0 aliphatic heterocycles. The second kappa shape index (κ2) is 4.96. The van der Waals surface area contributed by atoms with E-state index in [1.54, 1.807) is 12.1 Å². The first kappa shape index (κ1) is 11.0. The molecule has 1 rings (SSSR count). The van der Waals surface area contributed by atoms with Crippen molar-refractivity contribution in [1.82, 2.24) is 0 Å². The van der Waals surface area contributed by atoms with Gasteiger partial charge in [0.1, 0.15) is 5.82 Å². The number of aliphatic hydroxyl groups excluding tert-OH is 1. The fourth-order valence-electron chi connectivity index (χ4n) is 1.41. The predicted molar refractivity (Wildman–Crippen MR) is 55.9 cm³/mol. The molecule has 0 aliphatic rings. The topological polar surface area (TPSA) is 23.5 Å². The van der Waals surface area contributed by atoms with Crippen molar-refractivity contribution in [3.63, 3.8) is 0 Å². The third-order valence-electron chi connectivity index (χ3n) is 2.16. The Balaban J connectivity index is 2.88. The Morgan fingerprint density at radius 2 is 2.14 bits per heavy atom. The number of hydrogen-bond acceptors (Lipinski definition) is 2. The zero-order chi connectivity index (χ0) is 10.6. The molecule has 0 radical (unpaired) electrons. The van der Waals surface area contributed by atoms with Gasteiger partial charge in [0.2, 0.25) is 0 Å². The van der Waals surface area contributed by atoms with Crippen molar-refractivity contribution in [3.8, 4) is 0 Å². The molecule has 0 atom stereocenters. The maximum Gasteiger partial charge on any atom is 0.146 e. The first-order chi connectivity index (χ1) is 6.69. The summed E-state index contributed by atoms with van der Waals surface area (Å²) < 4.78 is 13.5. The summed E-state index contributed by atoms with van der Waals surface area (Å²) in [7, 11) is 1.86. The summed E-state index contributed by atoms with van der Waals surface area (Å²) in [6.07, 6.45) is 0.984. The molecular weight excluding hydrogens is 181 g/mol. The van der Waals surface area contributed by atoms with Crippen LogP contribution in [0.15, 0.2) is 18.2 Å². The van der Waals surface area contributed by atoms with Gasteiger partial charge in [0.05, 0.1) is 12.3 Å². The predicted octanol–water partition coefficient (Wildman–Crippen LogP) is 2.16. The molecule has 14 heavy (non-hydrogen) atoms. The largest absolute Gasteiger partial charge is 0.392 e. The van der Waals surface area contributed by atoms with E-state index in [4.69, 9.17) is 5.11 Å². The van der Waals surface area contributed by atoms with Crippen LogP contribution in [0.25, 0.3) is 0 Å². The smallest absolute Gasteiger partial charge is 0.146 e. The molecule has 0 fully saturated rings. The van der Waals surface area contributed by atoms with Crippen LogP contribution in [0.3, 0.4) is 0 Å². The molecule has 0 spiro atoms. The highest BCUT2D eigenvalue weighted by atomic mass is 19.1. The van der Waals surface area contributed by atoms with Crippen molar-refractivity contribution in [3.05, 3.63) is 29.6 Å². The molecule has 1 N–H and O–H groups in total. The average Bonchev–Trinajstić information content (AvgIpc) is 2.17. The van der Waals surface area contributed by atoms with Gasteiger partial charge in [-0.15, -0.1) is 0 Å². The Labute approximate surface area is 84.0 Å². The molecule has 1 aromatic rings. The number of rotatable bonds is 4. The Bertz CT molecular complexity index is 301. The average molecular weight is 197 g/mol. The van der Waals surface area contributed by atoms with Crippen molar-refractivity contribution in [2.45, 2.75) is 20.0 Å². The molecule has 78 valence electrons. The number of anilines is 1. The molecule has 3 heteroatoms. The lowest BCUT2D eigenvalue weighted by molar-refractivity contribution is 0.281. The molecule has 1 aromatic carbocycles. The van der Waals surface area contributed by atoms with E-state index in [2.05, 4.69) is 6.92 Å². The number of hydrogen-bond donors (Lipinski definition) is 1. The highest BCUT2D eigenvalue weighted by Gasteiger charge is 2.06. The second-order valence-electron chi connectivity index (χ2n) is 3.37. The fraction of sp³-hybridized carbons (Fsp3) is 0.455. The van der Waals surface area contributed by atoms with E-state index in [0.717, 1.165) is 13.0 Å². The van der Waals surface area contributed by atoms with Gasteiger partial charge in [-0.2, -0.15) is 0 Å². The summed E-state index contributed by atoms with van der Waals surface area (Å²) in [5.41, 5.74) is 1.19. The summed E-state index contributed by atoms with van der Waals surface area (Å²) in [6.45, 7) is 2.76. The fourth-order valence-corrected chi connectivity index (χ4v) is 1.41. The van der Waals surface area contributed by atoms with Gasteiger partial charge in [0, 0.05) is 13.6 Å². The quantitative estimate of drug-likeness (QED) is 0.799. The number of nitrogens with zero attached hydrogens (tertiary/aromatic N) is 1. The molecule has 0 aromatic heterocycles. The second-order valence-corrected chi connectivity index (χ2v) is 3.37. The number of aliphatic hydroxyl groups is 1. The number of benzene rings is 1. The van der Waals surface area contributed by atoms with Crippen molar-refractivity contribution < 1.29 is 9.50 Å². The summed E-state index contributed by atoms with van der Waals surface area (Å²) in [6, 6.07) is 4.82. The van der Waals surface area contributed by atoms with Gasteiger partial charge in [-0.1, -0.05) is 13.0 Å². The summed E-state index contributed by atoms with van der Waals surface area (Å²) in [5, 5.41) is 8.81. The third kappa shape index (κ3) is 2.45. The van der Waals surface area contributed by atoms with Gasteiger partial charge in [0.25, 0.3) is 0 Å². The Kier molecular flexibility index (Phi) is 3.89. The van der Waals surface area contributed by atoms with E-state index in [1.165, 1.54) is 6.07 Å². The van der Waals surface area contributed by atoms with Crippen LogP contribution in [0.2, 0.25) is 0 Å². The Morgan fingerprint density at radius 3 is 2.64 bits per heavy atom. The molecule has 0 aliphatic carbocycles. The highest BCUT2D eigenvalue weighted by molar-refractivity contribution is 5.48. The molecule has 0 unspecified atom stereocenters. The van der Waals surface area contributed by atoms with Crippen LogP contribution in [0, 0.1) is 5.82 Å². The zero-order valence-electron chi connectivity index (χ0n) is 8.63. The van der Waals surface area contributed by atoms with Gasteiger partial charge in [-0.05, 0) is 24.1 Å². The van der Waals surface area contributed by atoms with Crippen molar-refractivity contribution in [2.75, 3.05) is 18.5 Å². The van der Waals surface area contributed by atoms with Gasteiger partial charge in [-0.3, -0.25) is 0 Å². The van der Waals surface area contributed by atoms with Gasteiger partial charge in [-0.25, -0.2) is 4.39 Å².